The zero-order valence-electron chi connectivity index (χ0n) is 11.3. The number of imidazole rings is 2. The largest absolute Gasteiger partial charge is 0.354 e. The second kappa shape index (κ2) is 6.17. The van der Waals surface area contributed by atoms with Gasteiger partial charge in [-0.25, -0.2) is 9.97 Å². The molecule has 2 rings (SSSR count). The van der Waals surface area contributed by atoms with Crippen LogP contribution in [0.15, 0.2) is 31.1 Å². The molecule has 2 aromatic heterocycles. The van der Waals surface area contributed by atoms with E-state index in [1.54, 1.807) is 18.7 Å². The normalized spacial score (nSPS) is 12.3. The van der Waals surface area contributed by atoms with Gasteiger partial charge in [-0.1, -0.05) is 0 Å². The first kappa shape index (κ1) is 13.3. The van der Waals surface area contributed by atoms with E-state index in [-0.39, 0.29) is 11.9 Å². The summed E-state index contributed by atoms with van der Waals surface area (Å²) < 4.78 is 3.86. The third-order valence-electron chi connectivity index (χ3n) is 3.11. The molecule has 1 amide bonds. The fourth-order valence-electron chi connectivity index (χ4n) is 1.96. The maximum Gasteiger partial charge on any atom is 0.242 e. The van der Waals surface area contributed by atoms with Crippen LogP contribution in [0.5, 0.6) is 0 Å². The van der Waals surface area contributed by atoms with E-state index in [0.717, 1.165) is 18.8 Å². The lowest BCUT2D eigenvalue weighted by molar-refractivity contribution is -0.123. The Labute approximate surface area is 112 Å². The zero-order valence-corrected chi connectivity index (χ0v) is 11.3. The summed E-state index contributed by atoms with van der Waals surface area (Å²) >= 11 is 0. The molecule has 102 valence electrons. The highest BCUT2D eigenvalue weighted by atomic mass is 16.2. The first-order valence-electron chi connectivity index (χ1n) is 6.41. The van der Waals surface area contributed by atoms with Gasteiger partial charge >= 0.3 is 0 Å². The molecule has 0 radical (unpaired) electrons. The lowest BCUT2D eigenvalue weighted by atomic mass is 10.3. The number of aryl methyl sites for hydroxylation is 2. The molecule has 0 saturated carbocycles. The van der Waals surface area contributed by atoms with Crippen LogP contribution >= 0.6 is 0 Å². The van der Waals surface area contributed by atoms with E-state index >= 15 is 0 Å². The number of aromatic nitrogens is 4. The monoisotopic (exact) mass is 261 g/mol. The lowest BCUT2D eigenvalue weighted by Crippen LogP contribution is -2.32. The third kappa shape index (κ3) is 3.43. The molecule has 2 aromatic rings. The van der Waals surface area contributed by atoms with Gasteiger partial charge in [0.1, 0.15) is 11.9 Å². The summed E-state index contributed by atoms with van der Waals surface area (Å²) in [5, 5.41) is 2.94. The summed E-state index contributed by atoms with van der Waals surface area (Å²) in [6.07, 6.45) is 9.86. The highest BCUT2D eigenvalue weighted by Crippen LogP contribution is 2.08. The van der Waals surface area contributed by atoms with Crippen LogP contribution in [0.4, 0.5) is 0 Å². The number of hydrogen-bond acceptors (Lipinski definition) is 3. The van der Waals surface area contributed by atoms with E-state index in [1.807, 2.05) is 35.4 Å². The second-order valence-corrected chi connectivity index (χ2v) is 4.50. The lowest BCUT2D eigenvalue weighted by Gasteiger charge is -2.15. The predicted molar refractivity (Wildman–Crippen MR) is 71.5 cm³/mol. The van der Waals surface area contributed by atoms with Crippen molar-refractivity contribution < 1.29 is 4.79 Å². The van der Waals surface area contributed by atoms with E-state index in [0.29, 0.717) is 6.54 Å². The van der Waals surface area contributed by atoms with Crippen molar-refractivity contribution in [3.8, 4) is 0 Å². The van der Waals surface area contributed by atoms with Crippen LogP contribution in [-0.2, 0) is 11.3 Å². The Kier molecular flexibility index (Phi) is 4.33. The summed E-state index contributed by atoms with van der Waals surface area (Å²) in [6, 6.07) is -0.226. The number of hydrogen-bond donors (Lipinski definition) is 1. The number of amides is 1. The Morgan fingerprint density at radius 1 is 1.42 bits per heavy atom. The minimum Gasteiger partial charge on any atom is -0.354 e. The number of rotatable bonds is 6. The van der Waals surface area contributed by atoms with E-state index in [2.05, 4.69) is 15.3 Å². The van der Waals surface area contributed by atoms with Gasteiger partial charge in [-0.15, -0.1) is 0 Å². The van der Waals surface area contributed by atoms with Crippen LogP contribution in [0.25, 0.3) is 0 Å². The van der Waals surface area contributed by atoms with Gasteiger partial charge in [0.15, 0.2) is 0 Å². The van der Waals surface area contributed by atoms with Crippen LogP contribution in [-0.4, -0.2) is 31.6 Å². The van der Waals surface area contributed by atoms with Gasteiger partial charge < -0.3 is 14.5 Å². The average Bonchev–Trinajstić information content (AvgIpc) is 3.04. The first-order chi connectivity index (χ1) is 9.18. The number of carbonyl (C=O) groups excluding carboxylic acids is 1. The summed E-state index contributed by atoms with van der Waals surface area (Å²) in [4.78, 5) is 20.1. The van der Waals surface area contributed by atoms with Crippen LogP contribution in [0, 0.1) is 6.92 Å². The quantitative estimate of drug-likeness (QED) is 0.793. The molecule has 0 aliphatic rings. The Hall–Kier alpha value is -2.11. The van der Waals surface area contributed by atoms with Crippen molar-refractivity contribution in [2.45, 2.75) is 32.9 Å². The molecule has 0 spiro atoms. The van der Waals surface area contributed by atoms with Crippen LogP contribution in [0.1, 0.15) is 25.2 Å². The molecule has 0 fully saturated rings. The summed E-state index contributed by atoms with van der Waals surface area (Å²) in [5.41, 5.74) is 0. The van der Waals surface area contributed by atoms with Gasteiger partial charge in [0.25, 0.3) is 0 Å². The SMILES string of the molecule is Cc1nccn1[C@@H](C)C(=O)NCCCn1ccnc1. The van der Waals surface area contributed by atoms with Crippen LogP contribution in [0.3, 0.4) is 0 Å². The van der Waals surface area contributed by atoms with Crippen LogP contribution in [0.2, 0.25) is 0 Å². The molecule has 19 heavy (non-hydrogen) atoms. The fourth-order valence-corrected chi connectivity index (χ4v) is 1.96. The molecule has 1 N–H and O–H groups in total. The first-order valence-corrected chi connectivity index (χ1v) is 6.41. The molecule has 0 aliphatic heterocycles. The van der Waals surface area contributed by atoms with Gasteiger partial charge in [-0.3, -0.25) is 4.79 Å². The van der Waals surface area contributed by atoms with E-state index in [4.69, 9.17) is 0 Å². The predicted octanol–water partition coefficient (Wildman–Crippen LogP) is 1.16. The fraction of sp³-hybridized carbons (Fsp3) is 0.462. The molecule has 0 unspecified atom stereocenters. The van der Waals surface area contributed by atoms with Crippen molar-refractivity contribution in [1.29, 1.82) is 0 Å². The third-order valence-corrected chi connectivity index (χ3v) is 3.11. The van der Waals surface area contributed by atoms with Crippen molar-refractivity contribution in [1.82, 2.24) is 24.4 Å². The van der Waals surface area contributed by atoms with Crippen molar-refractivity contribution >= 4 is 5.91 Å². The molecule has 0 saturated heterocycles. The molecule has 6 heteroatoms. The molecule has 1 atom stereocenters. The highest BCUT2D eigenvalue weighted by molar-refractivity contribution is 5.79. The maximum atomic E-state index is 12.0. The minimum absolute atomic E-state index is 0.0201. The Morgan fingerprint density at radius 3 is 2.89 bits per heavy atom. The topological polar surface area (TPSA) is 64.7 Å². The summed E-state index contributed by atoms with van der Waals surface area (Å²) in [5.74, 6) is 0.868. The zero-order chi connectivity index (χ0) is 13.7. The Bertz CT molecular complexity index is 517. The van der Waals surface area contributed by atoms with Crippen molar-refractivity contribution in [2.24, 2.45) is 0 Å². The van der Waals surface area contributed by atoms with Gasteiger partial charge in [-0.05, 0) is 20.3 Å². The summed E-state index contributed by atoms with van der Waals surface area (Å²) in [6.45, 7) is 5.29. The van der Waals surface area contributed by atoms with Crippen LogP contribution < -0.4 is 5.32 Å². The molecular formula is C13H19N5O. The number of carbonyl (C=O) groups is 1. The van der Waals surface area contributed by atoms with Gasteiger partial charge in [0.05, 0.1) is 6.33 Å². The van der Waals surface area contributed by atoms with Gasteiger partial charge in [-0.2, -0.15) is 0 Å². The Balaban J connectivity index is 1.74. The average molecular weight is 261 g/mol. The maximum absolute atomic E-state index is 12.0. The molecule has 2 heterocycles. The van der Waals surface area contributed by atoms with E-state index in [1.165, 1.54) is 0 Å². The highest BCUT2D eigenvalue weighted by Gasteiger charge is 2.15. The molecule has 0 bridgehead atoms. The molecular weight excluding hydrogens is 242 g/mol. The molecule has 6 nitrogen and oxygen atoms in total. The van der Waals surface area contributed by atoms with Gasteiger partial charge in [0.2, 0.25) is 5.91 Å². The summed E-state index contributed by atoms with van der Waals surface area (Å²) in [7, 11) is 0. The smallest absolute Gasteiger partial charge is 0.242 e. The van der Waals surface area contributed by atoms with E-state index < -0.39 is 0 Å². The molecule has 0 aromatic carbocycles. The number of nitrogens with one attached hydrogen (secondary N) is 1. The van der Waals surface area contributed by atoms with Crippen molar-refractivity contribution in [3.05, 3.63) is 36.9 Å². The van der Waals surface area contributed by atoms with Crippen molar-refractivity contribution in [2.75, 3.05) is 6.54 Å². The minimum atomic E-state index is -0.226. The Morgan fingerprint density at radius 2 is 2.26 bits per heavy atom. The second-order valence-electron chi connectivity index (χ2n) is 4.50. The molecule has 0 aliphatic carbocycles. The van der Waals surface area contributed by atoms with Gasteiger partial charge in [0, 0.05) is 37.9 Å². The standard InChI is InChI=1S/C13H19N5O/c1-11(18-9-6-15-12(18)2)13(19)16-4-3-7-17-8-5-14-10-17/h5-6,8-11H,3-4,7H2,1-2H3,(H,16,19)/t11-/m0/s1. The van der Waals surface area contributed by atoms with E-state index in [9.17, 15) is 4.79 Å². The van der Waals surface area contributed by atoms with Crippen molar-refractivity contribution in [3.63, 3.8) is 0 Å². The number of nitrogens with zero attached hydrogens (tertiary/aromatic N) is 4.